The maximum atomic E-state index is 12.0. The van der Waals surface area contributed by atoms with Crippen LogP contribution in [0.25, 0.3) is 0 Å². The number of carbonyl (C=O) groups excluding carboxylic acids is 2. The van der Waals surface area contributed by atoms with E-state index >= 15 is 0 Å². The fraction of sp³-hybridized carbons (Fsp3) is 0.0667. The Morgan fingerprint density at radius 3 is 2.35 bits per heavy atom. The average molecular weight is 289 g/mol. The van der Waals surface area contributed by atoms with E-state index < -0.39 is 0 Å². The molecule has 4 nitrogen and oxygen atoms in total. The third-order valence-corrected chi connectivity index (χ3v) is 2.97. The number of anilines is 1. The Hall–Kier alpha value is -2.17. The molecule has 0 aromatic heterocycles. The monoisotopic (exact) mass is 288 g/mol. The van der Waals surface area contributed by atoms with Gasteiger partial charge in [0, 0.05) is 21.8 Å². The maximum Gasteiger partial charge on any atom is 0.255 e. The molecule has 0 saturated carbocycles. The van der Waals surface area contributed by atoms with E-state index in [1.807, 2.05) is 0 Å². The Kier molecular flexibility index (Phi) is 4.50. The summed E-state index contributed by atoms with van der Waals surface area (Å²) in [5.41, 5.74) is 6.88. The lowest BCUT2D eigenvalue weighted by Gasteiger charge is -2.06. The Morgan fingerprint density at radius 1 is 1.05 bits per heavy atom. The van der Waals surface area contributed by atoms with Crippen molar-refractivity contribution in [3.05, 3.63) is 64.7 Å². The molecular formula is C15H13ClN2O2. The van der Waals surface area contributed by atoms with Gasteiger partial charge in [0.25, 0.3) is 5.91 Å². The van der Waals surface area contributed by atoms with Gasteiger partial charge in [-0.05, 0) is 42.5 Å². The Morgan fingerprint density at radius 2 is 1.75 bits per heavy atom. The van der Waals surface area contributed by atoms with Crippen molar-refractivity contribution in [3.63, 3.8) is 0 Å². The van der Waals surface area contributed by atoms with Crippen molar-refractivity contribution in [3.8, 4) is 0 Å². The molecule has 1 amide bonds. The summed E-state index contributed by atoms with van der Waals surface area (Å²) in [6.45, 7) is -0.0335. The molecular weight excluding hydrogens is 276 g/mol. The second-order valence-electron chi connectivity index (χ2n) is 4.17. The van der Waals surface area contributed by atoms with E-state index in [-0.39, 0.29) is 18.2 Å². The van der Waals surface area contributed by atoms with Crippen LogP contribution in [-0.2, 0) is 0 Å². The van der Waals surface area contributed by atoms with Crippen LogP contribution in [-0.4, -0.2) is 18.2 Å². The molecule has 0 bridgehead atoms. The van der Waals surface area contributed by atoms with Gasteiger partial charge in [0.05, 0.1) is 6.54 Å². The number of amides is 1. The topological polar surface area (TPSA) is 72.2 Å². The summed E-state index contributed by atoms with van der Waals surface area (Å²) in [4.78, 5) is 23.4. The lowest BCUT2D eigenvalue weighted by Crippen LogP contribution is -2.14. The van der Waals surface area contributed by atoms with Gasteiger partial charge >= 0.3 is 0 Å². The van der Waals surface area contributed by atoms with Crippen molar-refractivity contribution < 1.29 is 9.59 Å². The van der Waals surface area contributed by atoms with Crippen LogP contribution >= 0.6 is 11.6 Å². The summed E-state index contributed by atoms with van der Waals surface area (Å²) in [5, 5.41) is 3.23. The molecule has 0 unspecified atom stereocenters. The fourth-order valence-electron chi connectivity index (χ4n) is 1.69. The largest absolute Gasteiger partial charge is 0.324 e. The molecule has 0 fully saturated rings. The minimum Gasteiger partial charge on any atom is -0.324 e. The third-order valence-electron chi connectivity index (χ3n) is 2.74. The SMILES string of the molecule is NCC(=O)c1ccc(NC(=O)c2cccc(Cl)c2)cc1. The lowest BCUT2D eigenvalue weighted by atomic mass is 10.1. The van der Waals surface area contributed by atoms with E-state index in [0.717, 1.165) is 0 Å². The molecule has 3 N–H and O–H groups in total. The highest BCUT2D eigenvalue weighted by Gasteiger charge is 2.07. The quantitative estimate of drug-likeness (QED) is 0.850. The van der Waals surface area contributed by atoms with Crippen LogP contribution in [0.5, 0.6) is 0 Å². The molecule has 2 aromatic carbocycles. The van der Waals surface area contributed by atoms with Crippen molar-refractivity contribution in [2.75, 3.05) is 11.9 Å². The smallest absolute Gasteiger partial charge is 0.255 e. The molecule has 0 aliphatic carbocycles. The number of rotatable bonds is 4. The van der Waals surface area contributed by atoms with Crippen molar-refractivity contribution in [2.24, 2.45) is 5.73 Å². The fourth-order valence-corrected chi connectivity index (χ4v) is 1.88. The number of ketones is 1. The van der Waals surface area contributed by atoms with Crippen molar-refractivity contribution >= 4 is 29.0 Å². The van der Waals surface area contributed by atoms with Gasteiger partial charge in [0.2, 0.25) is 0 Å². The minimum atomic E-state index is -0.259. The summed E-state index contributed by atoms with van der Waals surface area (Å²) in [5.74, 6) is -0.400. The van der Waals surface area contributed by atoms with Crippen molar-refractivity contribution in [1.29, 1.82) is 0 Å². The van der Waals surface area contributed by atoms with Gasteiger partial charge in [0.1, 0.15) is 0 Å². The number of carbonyl (C=O) groups is 2. The average Bonchev–Trinajstić information content (AvgIpc) is 2.47. The Labute approximate surface area is 121 Å². The van der Waals surface area contributed by atoms with Crippen molar-refractivity contribution in [1.82, 2.24) is 0 Å². The molecule has 2 rings (SSSR count). The van der Waals surface area contributed by atoms with Gasteiger partial charge < -0.3 is 11.1 Å². The molecule has 0 radical (unpaired) electrons. The molecule has 0 spiro atoms. The number of benzene rings is 2. The second-order valence-corrected chi connectivity index (χ2v) is 4.61. The maximum absolute atomic E-state index is 12.0. The van der Waals surface area contributed by atoms with E-state index in [9.17, 15) is 9.59 Å². The highest BCUT2D eigenvalue weighted by Crippen LogP contribution is 2.14. The second kappa shape index (κ2) is 6.32. The standard InChI is InChI=1S/C15H13ClN2O2/c16-12-3-1-2-11(8-12)15(20)18-13-6-4-10(5-7-13)14(19)9-17/h1-8H,9,17H2,(H,18,20). The predicted octanol–water partition coefficient (Wildman–Crippen LogP) is 2.73. The van der Waals surface area contributed by atoms with E-state index in [0.29, 0.717) is 21.8 Å². The molecule has 5 heteroatoms. The van der Waals surface area contributed by atoms with Gasteiger partial charge in [-0.15, -0.1) is 0 Å². The summed E-state index contributed by atoms with van der Waals surface area (Å²) >= 11 is 5.83. The summed E-state index contributed by atoms with van der Waals surface area (Å²) in [7, 11) is 0. The lowest BCUT2D eigenvalue weighted by molar-refractivity contribution is 0.0999. The van der Waals surface area contributed by atoms with Crippen LogP contribution in [0.15, 0.2) is 48.5 Å². The molecule has 0 atom stereocenters. The third kappa shape index (κ3) is 3.44. The normalized spacial score (nSPS) is 10.1. The molecule has 20 heavy (non-hydrogen) atoms. The summed E-state index contributed by atoms with van der Waals surface area (Å²) < 4.78 is 0. The number of halogens is 1. The first-order valence-electron chi connectivity index (χ1n) is 6.00. The van der Waals surface area contributed by atoms with Gasteiger partial charge in [-0.25, -0.2) is 0 Å². The van der Waals surface area contributed by atoms with Crippen LogP contribution in [0.4, 0.5) is 5.69 Å². The van der Waals surface area contributed by atoms with Gasteiger partial charge in [0.15, 0.2) is 5.78 Å². The zero-order valence-electron chi connectivity index (χ0n) is 10.6. The summed E-state index contributed by atoms with van der Waals surface area (Å²) in [6.07, 6.45) is 0. The van der Waals surface area contributed by atoms with E-state index in [1.165, 1.54) is 0 Å². The van der Waals surface area contributed by atoms with E-state index in [4.69, 9.17) is 17.3 Å². The Balaban J connectivity index is 2.10. The first kappa shape index (κ1) is 14.2. The molecule has 0 heterocycles. The van der Waals surface area contributed by atoms with Crippen LogP contribution in [0.1, 0.15) is 20.7 Å². The zero-order valence-corrected chi connectivity index (χ0v) is 11.4. The van der Waals surface area contributed by atoms with Crippen molar-refractivity contribution in [2.45, 2.75) is 0 Å². The highest BCUT2D eigenvalue weighted by molar-refractivity contribution is 6.31. The molecule has 102 valence electrons. The Bertz CT molecular complexity index is 639. The van der Waals surface area contributed by atoms with Crippen LogP contribution < -0.4 is 11.1 Å². The molecule has 0 saturated heterocycles. The molecule has 2 aromatic rings. The van der Waals surface area contributed by atoms with Crippen LogP contribution in [0.3, 0.4) is 0 Å². The first-order chi connectivity index (χ1) is 9.60. The predicted molar refractivity (Wildman–Crippen MR) is 79.2 cm³/mol. The zero-order chi connectivity index (χ0) is 14.5. The van der Waals surface area contributed by atoms with Gasteiger partial charge in [-0.3, -0.25) is 9.59 Å². The minimum absolute atomic E-state index is 0.0335. The van der Waals surface area contributed by atoms with E-state index in [2.05, 4.69) is 5.32 Å². The molecule has 0 aliphatic heterocycles. The molecule has 0 aliphatic rings. The number of nitrogens with one attached hydrogen (secondary N) is 1. The first-order valence-corrected chi connectivity index (χ1v) is 6.38. The van der Waals surface area contributed by atoms with Gasteiger partial charge in [-0.1, -0.05) is 17.7 Å². The van der Waals surface area contributed by atoms with Crippen LogP contribution in [0, 0.1) is 0 Å². The number of hydrogen-bond acceptors (Lipinski definition) is 3. The van der Waals surface area contributed by atoms with E-state index in [1.54, 1.807) is 48.5 Å². The number of hydrogen-bond donors (Lipinski definition) is 2. The summed E-state index contributed by atoms with van der Waals surface area (Å²) in [6, 6.07) is 13.2. The highest BCUT2D eigenvalue weighted by atomic mass is 35.5. The number of Topliss-reactive ketones (excluding diaryl/α,β-unsaturated/α-hetero) is 1. The number of nitrogens with two attached hydrogens (primary N) is 1. The van der Waals surface area contributed by atoms with Gasteiger partial charge in [-0.2, -0.15) is 0 Å². The van der Waals surface area contributed by atoms with Crippen LogP contribution in [0.2, 0.25) is 5.02 Å².